The van der Waals surface area contributed by atoms with Gasteiger partial charge in [0.25, 0.3) is 0 Å². The van der Waals surface area contributed by atoms with E-state index in [4.69, 9.17) is 4.74 Å². The molecule has 1 aliphatic rings. The van der Waals surface area contributed by atoms with E-state index in [2.05, 4.69) is 11.4 Å². The van der Waals surface area contributed by atoms with Gasteiger partial charge in [0, 0.05) is 6.07 Å². The number of hydrogen-bond acceptors (Lipinski definition) is 3. The van der Waals surface area contributed by atoms with E-state index in [-0.39, 0.29) is 17.8 Å². The number of nitrogens with one attached hydrogen (secondary N) is 1. The number of nitriles is 1. The maximum atomic E-state index is 13.4. The summed E-state index contributed by atoms with van der Waals surface area (Å²) in [6.45, 7) is 4.00. The van der Waals surface area contributed by atoms with Gasteiger partial charge in [-0.05, 0) is 56.0 Å². The van der Waals surface area contributed by atoms with Crippen LogP contribution in [0.5, 0.6) is 5.75 Å². The molecule has 0 saturated heterocycles. The minimum atomic E-state index is -0.688. The third kappa shape index (κ3) is 4.01. The molecule has 0 aromatic heterocycles. The Kier molecular flexibility index (Phi) is 5.99. The van der Waals surface area contributed by atoms with E-state index >= 15 is 0 Å². The SMILES string of the molecule is CC[C@@H](C)Oc1ccc(NC(=O)C2(c3ccc(F)cc3)CCCC2)c(C#N)c1. The summed E-state index contributed by atoms with van der Waals surface area (Å²) in [7, 11) is 0. The van der Waals surface area contributed by atoms with Gasteiger partial charge < -0.3 is 10.1 Å². The van der Waals surface area contributed by atoms with Crippen LogP contribution in [0.25, 0.3) is 0 Å². The maximum Gasteiger partial charge on any atom is 0.235 e. The van der Waals surface area contributed by atoms with Crippen LogP contribution in [-0.4, -0.2) is 12.0 Å². The molecule has 2 aromatic rings. The zero-order valence-electron chi connectivity index (χ0n) is 16.3. The van der Waals surface area contributed by atoms with Crippen molar-refractivity contribution in [3.05, 3.63) is 59.4 Å². The normalized spacial score (nSPS) is 16.2. The lowest BCUT2D eigenvalue weighted by molar-refractivity contribution is -0.121. The minimum Gasteiger partial charge on any atom is -0.491 e. The van der Waals surface area contributed by atoms with Crippen molar-refractivity contribution in [2.45, 2.75) is 57.5 Å². The first-order chi connectivity index (χ1) is 13.5. The molecule has 0 bridgehead atoms. The van der Waals surface area contributed by atoms with Gasteiger partial charge in [-0.25, -0.2) is 4.39 Å². The van der Waals surface area contributed by atoms with E-state index < -0.39 is 5.41 Å². The molecule has 0 radical (unpaired) electrons. The average Bonchev–Trinajstić information content (AvgIpc) is 3.20. The third-order valence-corrected chi connectivity index (χ3v) is 5.56. The predicted octanol–water partition coefficient (Wildman–Crippen LogP) is 5.33. The molecule has 28 heavy (non-hydrogen) atoms. The van der Waals surface area contributed by atoms with Crippen molar-refractivity contribution in [3.8, 4) is 11.8 Å². The number of carbonyl (C=O) groups excluding carboxylic acids is 1. The highest BCUT2D eigenvalue weighted by Crippen LogP contribution is 2.42. The van der Waals surface area contributed by atoms with Gasteiger partial charge in [-0.15, -0.1) is 0 Å². The molecule has 3 rings (SSSR count). The predicted molar refractivity (Wildman–Crippen MR) is 107 cm³/mol. The Bertz CT molecular complexity index is 880. The number of carbonyl (C=O) groups is 1. The number of benzene rings is 2. The number of anilines is 1. The van der Waals surface area contributed by atoms with Crippen LogP contribution in [0.2, 0.25) is 0 Å². The van der Waals surface area contributed by atoms with Gasteiger partial charge in [0.2, 0.25) is 5.91 Å². The zero-order valence-corrected chi connectivity index (χ0v) is 16.3. The van der Waals surface area contributed by atoms with Gasteiger partial charge in [0.05, 0.1) is 22.8 Å². The number of ether oxygens (including phenoxy) is 1. The highest BCUT2D eigenvalue weighted by molar-refractivity contribution is 6.00. The van der Waals surface area contributed by atoms with Crippen LogP contribution in [0.4, 0.5) is 10.1 Å². The third-order valence-electron chi connectivity index (χ3n) is 5.56. The van der Waals surface area contributed by atoms with E-state index in [1.807, 2.05) is 13.8 Å². The molecule has 5 heteroatoms. The van der Waals surface area contributed by atoms with Crippen LogP contribution in [0.15, 0.2) is 42.5 Å². The molecule has 1 saturated carbocycles. The summed E-state index contributed by atoms with van der Waals surface area (Å²) in [5, 5.41) is 12.5. The molecule has 0 heterocycles. The molecule has 1 atom stereocenters. The Morgan fingerprint density at radius 2 is 1.93 bits per heavy atom. The van der Waals surface area contributed by atoms with Gasteiger partial charge in [-0.2, -0.15) is 5.26 Å². The van der Waals surface area contributed by atoms with Crippen LogP contribution in [0, 0.1) is 17.1 Å². The van der Waals surface area contributed by atoms with Crippen molar-refractivity contribution < 1.29 is 13.9 Å². The lowest BCUT2D eigenvalue weighted by Crippen LogP contribution is -2.38. The van der Waals surface area contributed by atoms with E-state index in [0.717, 1.165) is 24.8 Å². The highest BCUT2D eigenvalue weighted by atomic mass is 19.1. The van der Waals surface area contributed by atoms with E-state index in [0.29, 0.717) is 29.8 Å². The smallest absolute Gasteiger partial charge is 0.235 e. The Labute approximate surface area is 165 Å². The first-order valence-electron chi connectivity index (χ1n) is 9.77. The molecular weight excluding hydrogens is 355 g/mol. The van der Waals surface area contributed by atoms with E-state index in [9.17, 15) is 14.4 Å². The number of amides is 1. The standard InChI is InChI=1S/C23H25FN2O2/c1-3-16(2)28-20-10-11-21(17(14-20)15-25)26-22(27)23(12-4-5-13-23)18-6-8-19(24)9-7-18/h6-11,14,16H,3-5,12-13H2,1-2H3,(H,26,27)/t16-/m1/s1. The van der Waals surface area contributed by atoms with Gasteiger partial charge in [0.1, 0.15) is 17.6 Å². The lowest BCUT2D eigenvalue weighted by Gasteiger charge is -2.28. The molecule has 0 unspecified atom stereocenters. The summed E-state index contributed by atoms with van der Waals surface area (Å²) in [4.78, 5) is 13.3. The van der Waals surface area contributed by atoms with Crippen LogP contribution >= 0.6 is 0 Å². The summed E-state index contributed by atoms with van der Waals surface area (Å²) in [5.41, 5.74) is 0.963. The quantitative estimate of drug-likeness (QED) is 0.737. The van der Waals surface area contributed by atoms with Crippen molar-refractivity contribution in [3.63, 3.8) is 0 Å². The van der Waals surface area contributed by atoms with Crippen molar-refractivity contribution in [2.24, 2.45) is 0 Å². The second-order valence-corrected chi connectivity index (χ2v) is 7.41. The number of hydrogen-bond donors (Lipinski definition) is 1. The Balaban J connectivity index is 1.86. The highest BCUT2D eigenvalue weighted by Gasteiger charge is 2.42. The first kappa shape index (κ1) is 19.9. The Morgan fingerprint density at radius 1 is 1.25 bits per heavy atom. The van der Waals surface area contributed by atoms with Crippen LogP contribution in [0.1, 0.15) is 57.1 Å². The Morgan fingerprint density at radius 3 is 2.54 bits per heavy atom. The summed E-state index contributed by atoms with van der Waals surface area (Å²) in [5.74, 6) is 0.141. The van der Waals surface area contributed by atoms with Crippen LogP contribution in [-0.2, 0) is 10.2 Å². The minimum absolute atomic E-state index is 0.0484. The summed E-state index contributed by atoms with van der Waals surface area (Å²) in [6, 6.07) is 13.4. The van der Waals surface area contributed by atoms with Gasteiger partial charge in [-0.3, -0.25) is 4.79 Å². The van der Waals surface area contributed by atoms with Crippen molar-refractivity contribution in [2.75, 3.05) is 5.32 Å². The molecule has 1 N–H and O–H groups in total. The number of rotatable bonds is 6. The molecular formula is C23H25FN2O2. The van der Waals surface area contributed by atoms with Crippen molar-refractivity contribution >= 4 is 11.6 Å². The molecule has 1 fully saturated rings. The molecule has 1 amide bonds. The number of nitrogens with zero attached hydrogens (tertiary/aromatic N) is 1. The van der Waals surface area contributed by atoms with E-state index in [1.165, 1.54) is 12.1 Å². The monoisotopic (exact) mass is 380 g/mol. The fraction of sp³-hybridized carbons (Fsp3) is 0.391. The summed E-state index contributed by atoms with van der Waals surface area (Å²) in [6.07, 6.45) is 4.21. The largest absolute Gasteiger partial charge is 0.491 e. The van der Waals surface area contributed by atoms with Crippen LogP contribution in [0.3, 0.4) is 0 Å². The Hall–Kier alpha value is -2.87. The fourth-order valence-corrected chi connectivity index (χ4v) is 3.75. The van der Waals surface area contributed by atoms with Crippen molar-refractivity contribution in [1.29, 1.82) is 5.26 Å². The lowest BCUT2D eigenvalue weighted by atomic mass is 9.78. The van der Waals surface area contributed by atoms with E-state index in [1.54, 1.807) is 30.3 Å². The summed E-state index contributed by atoms with van der Waals surface area (Å²) >= 11 is 0. The molecule has 2 aromatic carbocycles. The van der Waals surface area contributed by atoms with Crippen molar-refractivity contribution in [1.82, 2.24) is 0 Å². The first-order valence-corrected chi connectivity index (χ1v) is 9.77. The molecule has 1 aliphatic carbocycles. The van der Waals surface area contributed by atoms with Crippen LogP contribution < -0.4 is 10.1 Å². The zero-order chi connectivity index (χ0) is 20.1. The van der Waals surface area contributed by atoms with Gasteiger partial charge in [-0.1, -0.05) is 31.9 Å². The molecule has 0 spiro atoms. The molecule has 0 aliphatic heterocycles. The topological polar surface area (TPSA) is 62.1 Å². The fourth-order valence-electron chi connectivity index (χ4n) is 3.75. The summed E-state index contributed by atoms with van der Waals surface area (Å²) < 4.78 is 19.1. The molecule has 146 valence electrons. The second-order valence-electron chi connectivity index (χ2n) is 7.41. The van der Waals surface area contributed by atoms with Gasteiger partial charge >= 0.3 is 0 Å². The second kappa shape index (κ2) is 8.43. The maximum absolute atomic E-state index is 13.4. The number of halogens is 1. The van der Waals surface area contributed by atoms with Gasteiger partial charge in [0.15, 0.2) is 0 Å². The molecule has 4 nitrogen and oxygen atoms in total. The average molecular weight is 380 g/mol.